The van der Waals surface area contributed by atoms with Crippen LogP contribution in [0.15, 0.2) is 115 Å². The molecule has 5 N–H and O–H groups in total. The molecule has 4 unspecified atom stereocenters. The first kappa shape index (κ1) is 41.4. The molecule has 1 saturated heterocycles. The number of aromatic hydroxyl groups is 3. The molecular weight excluding hydrogens is 824 g/mol. The maximum Gasteiger partial charge on any atom is 0.411 e. The minimum absolute atomic E-state index is 0.111. The molecular formula is C45H33F6N3O8. The molecule has 62 heavy (non-hydrogen) atoms. The van der Waals surface area contributed by atoms with E-state index in [0.29, 0.717) is 47.7 Å². The fraction of sp³-hybridized carbons (Fsp3) is 0.200. The Balaban J connectivity index is 1.03. The number of benzene rings is 5. The van der Waals surface area contributed by atoms with Crippen molar-refractivity contribution in [2.24, 2.45) is 23.7 Å². The highest BCUT2D eigenvalue weighted by Crippen LogP contribution is 2.59. The Morgan fingerprint density at radius 2 is 1.05 bits per heavy atom. The largest absolute Gasteiger partial charge is 0.506 e. The average molecular weight is 858 g/mol. The average Bonchev–Trinajstić information content (AvgIpc) is 3.91. The van der Waals surface area contributed by atoms with Crippen LogP contribution in [0.4, 0.5) is 43.4 Å². The van der Waals surface area contributed by atoms with Gasteiger partial charge in [-0.15, -0.1) is 0 Å². The number of ether oxygens (including phenoxy) is 1. The standard InChI is InChI=1S/C45H33F6N3O8/c1-22-2-15-34(55)31(18-22)52-39(58)23-5-11-29(12-6-23)62-30-13-7-24(8-14-30)40(59)53-32-20-27(9-16-35(32)56)43(44(46,47)48,45(49,50)51)28-10-17-36(57)33(21-28)54-41(60)37-25-3-4-26(19-25)38(37)42(54)61/h2-18,20-21,25-26,37-38,55-57H,19H2,1H3,(H,52,58)(H,53,59). The minimum atomic E-state index is -6.16. The van der Waals surface area contributed by atoms with Crippen LogP contribution in [0.5, 0.6) is 28.7 Å². The van der Waals surface area contributed by atoms with E-state index < -0.39 is 87.2 Å². The van der Waals surface area contributed by atoms with Crippen molar-refractivity contribution < 1.29 is 65.6 Å². The van der Waals surface area contributed by atoms with Gasteiger partial charge in [-0.1, -0.05) is 30.4 Å². The lowest BCUT2D eigenvalue weighted by Gasteiger charge is -2.39. The number of amides is 4. The van der Waals surface area contributed by atoms with Crippen molar-refractivity contribution in [2.75, 3.05) is 15.5 Å². The number of phenolic OH excluding ortho intramolecular Hbond substituents is 3. The highest BCUT2D eigenvalue weighted by atomic mass is 19.4. The molecule has 2 bridgehead atoms. The van der Waals surface area contributed by atoms with E-state index in [1.165, 1.54) is 54.6 Å². The molecule has 4 amide bonds. The number of anilines is 3. The van der Waals surface area contributed by atoms with Crippen LogP contribution in [0, 0.1) is 30.6 Å². The van der Waals surface area contributed by atoms with Gasteiger partial charge in [0.15, 0.2) is 0 Å². The molecule has 0 aromatic heterocycles. The van der Waals surface area contributed by atoms with E-state index in [1.807, 2.05) is 0 Å². The van der Waals surface area contributed by atoms with Crippen molar-refractivity contribution in [3.63, 3.8) is 0 Å². The summed E-state index contributed by atoms with van der Waals surface area (Å²) in [6.07, 6.45) is -8.34. The van der Waals surface area contributed by atoms with E-state index in [4.69, 9.17) is 4.74 Å². The number of allylic oxidation sites excluding steroid dienone is 2. The Bertz CT molecular complexity index is 2640. The summed E-state index contributed by atoms with van der Waals surface area (Å²) in [5, 5.41) is 36.1. The zero-order chi connectivity index (χ0) is 44.5. The molecule has 2 aliphatic carbocycles. The summed E-state index contributed by atoms with van der Waals surface area (Å²) in [6, 6.07) is 18.3. The first-order chi connectivity index (χ1) is 29.3. The highest BCUT2D eigenvalue weighted by Gasteiger charge is 2.73. The van der Waals surface area contributed by atoms with Crippen molar-refractivity contribution in [2.45, 2.75) is 31.1 Å². The van der Waals surface area contributed by atoms with Crippen LogP contribution < -0.4 is 20.3 Å². The summed E-state index contributed by atoms with van der Waals surface area (Å²) < 4.78 is 97.5. The van der Waals surface area contributed by atoms with Gasteiger partial charge in [0.1, 0.15) is 28.7 Å². The van der Waals surface area contributed by atoms with Gasteiger partial charge in [0, 0.05) is 11.1 Å². The summed E-state index contributed by atoms with van der Waals surface area (Å²) in [4.78, 5) is 53.4. The predicted molar refractivity (Wildman–Crippen MR) is 211 cm³/mol. The van der Waals surface area contributed by atoms with Crippen LogP contribution in [0.3, 0.4) is 0 Å². The maximum atomic E-state index is 15.3. The number of nitrogens with one attached hydrogen (secondary N) is 2. The molecule has 3 aliphatic rings. The maximum absolute atomic E-state index is 15.3. The van der Waals surface area contributed by atoms with Crippen LogP contribution >= 0.6 is 0 Å². The highest BCUT2D eigenvalue weighted by molar-refractivity contribution is 6.23. The number of carbonyl (C=O) groups excluding carboxylic acids is 4. The summed E-state index contributed by atoms with van der Waals surface area (Å²) in [6.45, 7) is 1.79. The molecule has 1 heterocycles. The van der Waals surface area contributed by atoms with E-state index in [0.717, 1.165) is 5.56 Å². The lowest BCUT2D eigenvalue weighted by atomic mass is 9.72. The first-order valence-electron chi connectivity index (χ1n) is 19.0. The van der Waals surface area contributed by atoms with Crippen molar-refractivity contribution in [1.82, 2.24) is 0 Å². The Kier molecular flexibility index (Phi) is 10.0. The summed E-state index contributed by atoms with van der Waals surface area (Å²) in [5.74, 6) is -7.05. The van der Waals surface area contributed by atoms with Gasteiger partial charge in [0.2, 0.25) is 17.2 Å². The number of alkyl halides is 6. The van der Waals surface area contributed by atoms with Crippen molar-refractivity contribution >= 4 is 40.7 Å². The van der Waals surface area contributed by atoms with E-state index in [2.05, 4.69) is 10.6 Å². The van der Waals surface area contributed by atoms with Crippen molar-refractivity contribution in [3.05, 3.63) is 143 Å². The van der Waals surface area contributed by atoms with Crippen LogP contribution in [0.2, 0.25) is 0 Å². The second-order valence-electron chi connectivity index (χ2n) is 15.3. The number of phenols is 3. The van der Waals surface area contributed by atoms with Gasteiger partial charge in [-0.2, -0.15) is 26.3 Å². The first-order valence-corrected chi connectivity index (χ1v) is 19.0. The number of rotatable bonds is 9. The number of halogens is 6. The monoisotopic (exact) mass is 857 g/mol. The number of imide groups is 1. The SMILES string of the molecule is Cc1ccc(O)c(NC(=O)c2ccc(Oc3ccc(C(=O)Nc4cc(C(c5ccc(O)c(N6C(=O)C7C8C=CC(C8)C7C6=O)c5)(C(F)(F)F)C(F)(F)F)ccc4O)cc3)cc2)c1. The van der Waals surface area contributed by atoms with E-state index >= 15 is 26.3 Å². The lowest BCUT2D eigenvalue weighted by Crippen LogP contribution is -2.54. The molecule has 0 spiro atoms. The third-order valence-electron chi connectivity index (χ3n) is 11.5. The Morgan fingerprint density at radius 1 is 0.613 bits per heavy atom. The Morgan fingerprint density at radius 3 is 1.53 bits per heavy atom. The molecule has 4 atom stereocenters. The number of fused-ring (bicyclic) bond motifs is 5. The Labute approximate surface area is 347 Å². The van der Waals surface area contributed by atoms with Gasteiger partial charge in [0.05, 0.1) is 28.9 Å². The molecule has 17 heteroatoms. The van der Waals surface area contributed by atoms with E-state index in [9.17, 15) is 34.5 Å². The second-order valence-corrected chi connectivity index (χ2v) is 15.3. The van der Waals surface area contributed by atoms with Crippen LogP contribution in [0.25, 0.3) is 0 Å². The normalized spacial score (nSPS) is 19.4. The molecule has 1 saturated carbocycles. The molecule has 11 nitrogen and oxygen atoms in total. The van der Waals surface area contributed by atoms with E-state index in [-0.39, 0.29) is 45.9 Å². The molecule has 5 aromatic carbocycles. The number of hydrogen-bond donors (Lipinski definition) is 5. The molecule has 0 radical (unpaired) electrons. The molecule has 2 fully saturated rings. The topological polar surface area (TPSA) is 165 Å². The van der Waals surface area contributed by atoms with Gasteiger partial charge in [-0.25, -0.2) is 4.90 Å². The number of aryl methyl sites for hydroxylation is 1. The fourth-order valence-corrected chi connectivity index (χ4v) is 8.55. The third-order valence-corrected chi connectivity index (χ3v) is 11.5. The van der Waals surface area contributed by atoms with Gasteiger partial charge in [-0.3, -0.25) is 19.2 Å². The fourth-order valence-electron chi connectivity index (χ4n) is 8.55. The summed E-state index contributed by atoms with van der Waals surface area (Å²) >= 11 is 0. The van der Waals surface area contributed by atoms with Crippen LogP contribution in [0.1, 0.15) is 43.8 Å². The molecule has 318 valence electrons. The van der Waals surface area contributed by atoms with Gasteiger partial charge in [-0.05, 0) is 127 Å². The van der Waals surface area contributed by atoms with Gasteiger partial charge < -0.3 is 30.7 Å². The van der Waals surface area contributed by atoms with Crippen LogP contribution in [-0.4, -0.2) is 51.3 Å². The lowest BCUT2D eigenvalue weighted by molar-refractivity contribution is -0.288. The molecule has 8 rings (SSSR count). The van der Waals surface area contributed by atoms with Gasteiger partial charge in [0.25, 0.3) is 11.8 Å². The Hall–Kier alpha value is -7.30. The summed E-state index contributed by atoms with van der Waals surface area (Å²) in [5.41, 5.74) is -8.36. The smallest absolute Gasteiger partial charge is 0.411 e. The number of hydrogen-bond acceptors (Lipinski definition) is 8. The zero-order valence-corrected chi connectivity index (χ0v) is 32.1. The summed E-state index contributed by atoms with van der Waals surface area (Å²) in [7, 11) is 0. The van der Waals surface area contributed by atoms with Gasteiger partial charge >= 0.3 is 12.4 Å². The third kappa shape index (κ3) is 6.92. The molecule has 5 aromatic rings. The zero-order valence-electron chi connectivity index (χ0n) is 32.1. The minimum Gasteiger partial charge on any atom is -0.506 e. The second kappa shape index (κ2) is 15.0. The van der Waals surface area contributed by atoms with Crippen LogP contribution in [-0.2, 0) is 15.0 Å². The molecule has 1 aliphatic heterocycles. The van der Waals surface area contributed by atoms with Crippen molar-refractivity contribution in [3.8, 4) is 28.7 Å². The quantitative estimate of drug-likeness (QED) is 0.0424. The number of nitrogens with zero attached hydrogens (tertiary/aromatic N) is 1. The van der Waals surface area contributed by atoms with Crippen molar-refractivity contribution in [1.29, 1.82) is 0 Å². The predicted octanol–water partition coefficient (Wildman–Crippen LogP) is 9.13. The number of carbonyl (C=O) groups is 4. The van der Waals surface area contributed by atoms with E-state index in [1.54, 1.807) is 31.2 Å².